The van der Waals surface area contributed by atoms with Gasteiger partial charge in [0.25, 0.3) is 0 Å². The van der Waals surface area contributed by atoms with Gasteiger partial charge in [-0.15, -0.1) is 23.2 Å². The number of imide groups is 1. The minimum Gasteiger partial charge on any atom is -0.274 e. The fourth-order valence-corrected chi connectivity index (χ4v) is 7.05. The molecule has 0 unspecified atom stereocenters. The van der Waals surface area contributed by atoms with Gasteiger partial charge in [-0.3, -0.25) is 9.59 Å². The summed E-state index contributed by atoms with van der Waals surface area (Å²) in [4.78, 5) is 26.3. The number of anilines is 1. The van der Waals surface area contributed by atoms with E-state index < -0.39 is 33.4 Å². The van der Waals surface area contributed by atoms with Gasteiger partial charge in [0, 0.05) is 0 Å². The van der Waals surface area contributed by atoms with E-state index in [2.05, 4.69) is 0 Å². The number of nitrogens with zero attached hydrogens (tertiary/aromatic N) is 1. The van der Waals surface area contributed by atoms with Gasteiger partial charge in [0.15, 0.2) is 0 Å². The van der Waals surface area contributed by atoms with Crippen molar-refractivity contribution in [1.29, 1.82) is 0 Å². The molecule has 3 aliphatic carbocycles. The average Bonchev–Trinajstić information content (AvgIpc) is 3.05. The Morgan fingerprint density at radius 2 is 1.06 bits per heavy atom. The lowest BCUT2D eigenvalue weighted by molar-refractivity contribution is -0.122. The number of halogens is 4. The van der Waals surface area contributed by atoms with Crippen LogP contribution in [0, 0.1) is 11.8 Å². The first kappa shape index (κ1) is 19.6. The van der Waals surface area contributed by atoms with Crippen LogP contribution in [-0.2, 0) is 19.3 Å². The summed E-state index contributed by atoms with van der Waals surface area (Å²) in [6.45, 7) is 0. The fourth-order valence-electron chi connectivity index (χ4n) is 5.57. The molecule has 1 saturated heterocycles. The van der Waals surface area contributed by atoms with Crippen molar-refractivity contribution in [2.45, 2.75) is 9.75 Å². The van der Waals surface area contributed by atoms with Crippen LogP contribution in [0.15, 0.2) is 66.7 Å². The van der Waals surface area contributed by atoms with E-state index in [1.807, 2.05) is 48.5 Å². The molecule has 2 atom stereocenters. The molecule has 3 aromatic carbocycles. The smallest absolute Gasteiger partial charge is 0.240 e. The highest BCUT2D eigenvalue weighted by atomic mass is 35.5. The highest BCUT2D eigenvalue weighted by Crippen LogP contribution is 2.69. The molecule has 3 aromatic rings. The molecule has 1 fully saturated rings. The van der Waals surface area contributed by atoms with E-state index in [9.17, 15) is 9.59 Å². The Balaban J connectivity index is 1.67. The summed E-state index contributed by atoms with van der Waals surface area (Å²) in [5.74, 6) is -2.61. The van der Waals surface area contributed by atoms with Gasteiger partial charge in [-0.2, -0.15) is 0 Å². The lowest BCUT2D eigenvalue weighted by Crippen LogP contribution is -2.57. The topological polar surface area (TPSA) is 37.4 Å². The van der Waals surface area contributed by atoms with E-state index in [1.165, 1.54) is 0 Å². The lowest BCUT2D eigenvalue weighted by atomic mass is 9.54. The average molecular weight is 489 g/mol. The van der Waals surface area contributed by atoms with Crippen molar-refractivity contribution in [2.75, 3.05) is 4.90 Å². The molecule has 2 amide bonds. The van der Waals surface area contributed by atoms with Gasteiger partial charge in [-0.1, -0.05) is 77.8 Å². The number of carbonyl (C=O) groups is 2. The number of carbonyl (C=O) groups excluding carboxylic acids is 2. The third kappa shape index (κ3) is 2.13. The van der Waals surface area contributed by atoms with E-state index in [1.54, 1.807) is 18.2 Å². The molecule has 0 radical (unpaired) electrons. The molecule has 154 valence electrons. The van der Waals surface area contributed by atoms with E-state index in [4.69, 9.17) is 46.4 Å². The Kier molecular flexibility index (Phi) is 3.97. The first-order valence-corrected chi connectivity index (χ1v) is 11.2. The molecular weight excluding hydrogens is 476 g/mol. The first-order valence-electron chi connectivity index (χ1n) is 9.72. The zero-order chi connectivity index (χ0) is 21.7. The molecule has 4 aliphatic rings. The second-order valence-corrected chi connectivity index (χ2v) is 10.0. The summed E-state index contributed by atoms with van der Waals surface area (Å²) < 4.78 is 0. The second-order valence-electron chi connectivity index (χ2n) is 8.05. The van der Waals surface area contributed by atoms with Gasteiger partial charge in [0.1, 0.15) is 9.75 Å². The van der Waals surface area contributed by atoms with Crippen molar-refractivity contribution in [3.05, 3.63) is 99.0 Å². The quantitative estimate of drug-likeness (QED) is 0.307. The van der Waals surface area contributed by atoms with Crippen molar-refractivity contribution in [2.24, 2.45) is 11.8 Å². The lowest BCUT2D eigenvalue weighted by Gasteiger charge is -2.54. The van der Waals surface area contributed by atoms with E-state index in [-0.39, 0.29) is 15.7 Å². The predicted octanol–water partition coefficient (Wildman–Crippen LogP) is 6.09. The summed E-state index contributed by atoms with van der Waals surface area (Å²) >= 11 is 27.3. The largest absolute Gasteiger partial charge is 0.274 e. The second kappa shape index (κ2) is 6.26. The number of hydrogen-bond acceptors (Lipinski definition) is 2. The molecule has 31 heavy (non-hydrogen) atoms. The van der Waals surface area contributed by atoms with Crippen LogP contribution in [-0.4, -0.2) is 11.8 Å². The molecular formula is C24H13Cl4NO2. The molecule has 0 spiro atoms. The number of hydrogen-bond donors (Lipinski definition) is 0. The number of rotatable bonds is 1. The zero-order valence-electron chi connectivity index (χ0n) is 15.8. The zero-order valence-corrected chi connectivity index (χ0v) is 18.8. The molecule has 7 rings (SSSR count). The van der Waals surface area contributed by atoms with Gasteiger partial charge in [0.05, 0.1) is 27.6 Å². The molecule has 1 aliphatic heterocycles. The van der Waals surface area contributed by atoms with Gasteiger partial charge in [-0.05, 0) is 34.4 Å². The summed E-state index contributed by atoms with van der Waals surface area (Å²) in [5.41, 5.74) is 3.27. The van der Waals surface area contributed by atoms with Crippen LogP contribution >= 0.6 is 46.4 Å². The Bertz CT molecular complexity index is 1200. The predicted molar refractivity (Wildman–Crippen MR) is 122 cm³/mol. The van der Waals surface area contributed by atoms with E-state index in [0.717, 1.165) is 27.2 Å². The Morgan fingerprint density at radius 1 is 0.645 bits per heavy atom. The molecule has 1 heterocycles. The van der Waals surface area contributed by atoms with Crippen molar-refractivity contribution in [1.82, 2.24) is 0 Å². The summed E-state index contributed by atoms with van der Waals surface area (Å²) in [5, 5.41) is 0.393. The van der Waals surface area contributed by atoms with Crippen molar-refractivity contribution < 1.29 is 9.59 Å². The minimum atomic E-state index is -1.22. The third-order valence-corrected chi connectivity index (χ3v) is 8.85. The standard InChI is InChI=1S/C24H13Cl4NO2/c25-16-10-5-11-17(20(16)26)29-21(30)18-19(22(29)31)24(28)13-7-2-1-6-12(13)23(18,27)14-8-3-4-9-15(14)24/h1-11,18-19H/t18-,19-,23?,24?/m1/s1. The van der Waals surface area contributed by atoms with Crippen molar-refractivity contribution in [3.8, 4) is 0 Å². The highest BCUT2D eigenvalue weighted by Gasteiger charge is 2.73. The monoisotopic (exact) mass is 487 g/mol. The van der Waals surface area contributed by atoms with Crippen LogP contribution in [0.1, 0.15) is 22.3 Å². The maximum absolute atomic E-state index is 13.8. The van der Waals surface area contributed by atoms with Crippen LogP contribution in [0.5, 0.6) is 0 Å². The van der Waals surface area contributed by atoms with Crippen LogP contribution in [0.3, 0.4) is 0 Å². The summed E-state index contributed by atoms with van der Waals surface area (Å²) in [6.07, 6.45) is 0. The van der Waals surface area contributed by atoms with Gasteiger partial charge in [-0.25, -0.2) is 4.90 Å². The Morgan fingerprint density at radius 3 is 1.48 bits per heavy atom. The third-order valence-electron chi connectivity index (χ3n) is 6.76. The maximum Gasteiger partial charge on any atom is 0.240 e. The van der Waals surface area contributed by atoms with Crippen LogP contribution < -0.4 is 4.90 Å². The number of alkyl halides is 2. The Labute approximate surface area is 198 Å². The summed E-state index contributed by atoms with van der Waals surface area (Å²) in [6, 6.07) is 19.9. The fraction of sp³-hybridized carbons (Fsp3) is 0.167. The number of amides is 2. The van der Waals surface area contributed by atoms with E-state index >= 15 is 0 Å². The molecule has 0 saturated carbocycles. The maximum atomic E-state index is 13.8. The number of benzene rings is 3. The SMILES string of the molecule is O=C1[C@H]2[C@H](C(=O)N1c1cccc(Cl)c1Cl)C1(Cl)c3ccccc3C2(Cl)c2ccccc21. The summed E-state index contributed by atoms with van der Waals surface area (Å²) in [7, 11) is 0. The molecule has 0 N–H and O–H groups in total. The highest BCUT2D eigenvalue weighted by molar-refractivity contribution is 6.45. The Hall–Kier alpha value is -2.04. The van der Waals surface area contributed by atoms with Crippen molar-refractivity contribution in [3.63, 3.8) is 0 Å². The van der Waals surface area contributed by atoms with Gasteiger partial charge >= 0.3 is 0 Å². The first-order chi connectivity index (χ1) is 14.8. The van der Waals surface area contributed by atoms with Crippen LogP contribution in [0.4, 0.5) is 5.69 Å². The molecule has 3 nitrogen and oxygen atoms in total. The van der Waals surface area contributed by atoms with Gasteiger partial charge < -0.3 is 0 Å². The minimum absolute atomic E-state index is 0.138. The normalized spacial score (nSPS) is 30.3. The molecule has 2 bridgehead atoms. The molecule has 0 aromatic heterocycles. The van der Waals surface area contributed by atoms with Crippen molar-refractivity contribution >= 4 is 63.9 Å². The molecule has 7 heteroatoms. The van der Waals surface area contributed by atoms with E-state index in [0.29, 0.717) is 0 Å². The van der Waals surface area contributed by atoms with Gasteiger partial charge in [0.2, 0.25) is 11.8 Å². The van der Waals surface area contributed by atoms with Crippen LogP contribution in [0.2, 0.25) is 10.0 Å². The van der Waals surface area contributed by atoms with Crippen LogP contribution in [0.25, 0.3) is 0 Å².